The fourth-order valence-corrected chi connectivity index (χ4v) is 2.60. The van der Waals surface area contributed by atoms with Crippen molar-refractivity contribution >= 4 is 5.97 Å². The number of pyridine rings is 1. The van der Waals surface area contributed by atoms with Crippen LogP contribution in [0.25, 0.3) is 0 Å². The lowest BCUT2D eigenvalue weighted by Gasteiger charge is -2.28. The Balaban J connectivity index is 2.04. The number of carboxylic acid groups (broad SMARTS) is 1. The highest BCUT2D eigenvalue weighted by atomic mass is 16.4. The first-order valence-electron chi connectivity index (χ1n) is 5.89. The van der Waals surface area contributed by atoms with Crippen LogP contribution in [0.2, 0.25) is 0 Å². The van der Waals surface area contributed by atoms with Crippen LogP contribution < -0.4 is 0 Å². The van der Waals surface area contributed by atoms with E-state index in [1.54, 1.807) is 6.20 Å². The predicted octanol–water partition coefficient (Wildman–Crippen LogP) is 2.52. The molecule has 1 aromatic rings. The molecule has 0 unspecified atom stereocenters. The summed E-state index contributed by atoms with van der Waals surface area (Å²) in [5.74, 6) is -0.502. The summed E-state index contributed by atoms with van der Waals surface area (Å²) in [6.07, 6.45) is 8.53. The number of rotatable bonds is 3. The zero-order chi connectivity index (χ0) is 11.4. The van der Waals surface area contributed by atoms with E-state index in [1.165, 1.54) is 0 Å². The summed E-state index contributed by atoms with van der Waals surface area (Å²) in [6, 6.07) is 3.94. The predicted molar refractivity (Wildman–Crippen MR) is 61.0 cm³/mol. The maximum Gasteiger partial charge on any atom is 0.306 e. The van der Waals surface area contributed by atoms with Gasteiger partial charge in [-0.25, -0.2) is 0 Å². The standard InChI is InChI=1S/C13H17NO2/c15-13(16)12-6-2-1-5-11(12)8-10-4-3-7-14-9-10/h3-4,7,9,11-12H,1-2,5-6,8H2,(H,15,16)/t11-,12+/m1/s1. The topological polar surface area (TPSA) is 50.2 Å². The van der Waals surface area contributed by atoms with Crippen LogP contribution in [0.3, 0.4) is 0 Å². The number of hydrogen-bond acceptors (Lipinski definition) is 2. The fourth-order valence-electron chi connectivity index (χ4n) is 2.60. The first kappa shape index (κ1) is 11.1. The van der Waals surface area contributed by atoms with Crippen molar-refractivity contribution in [1.29, 1.82) is 0 Å². The van der Waals surface area contributed by atoms with Gasteiger partial charge in [0.05, 0.1) is 5.92 Å². The Hall–Kier alpha value is -1.38. The monoisotopic (exact) mass is 219 g/mol. The highest BCUT2D eigenvalue weighted by molar-refractivity contribution is 5.70. The SMILES string of the molecule is O=C(O)[C@H]1CCCC[C@@H]1Cc1cccnc1. The van der Waals surface area contributed by atoms with E-state index in [4.69, 9.17) is 0 Å². The molecule has 1 saturated carbocycles. The van der Waals surface area contributed by atoms with E-state index in [-0.39, 0.29) is 11.8 Å². The molecule has 0 aliphatic heterocycles. The van der Waals surface area contributed by atoms with E-state index in [2.05, 4.69) is 4.98 Å². The van der Waals surface area contributed by atoms with Crippen LogP contribution in [0.15, 0.2) is 24.5 Å². The van der Waals surface area contributed by atoms with Crippen LogP contribution >= 0.6 is 0 Å². The van der Waals surface area contributed by atoms with Gasteiger partial charge < -0.3 is 5.11 Å². The van der Waals surface area contributed by atoms with Gasteiger partial charge in [-0.1, -0.05) is 18.9 Å². The van der Waals surface area contributed by atoms with Crippen LogP contribution in [0.4, 0.5) is 0 Å². The van der Waals surface area contributed by atoms with Crippen molar-refractivity contribution in [2.24, 2.45) is 11.8 Å². The fraction of sp³-hybridized carbons (Fsp3) is 0.538. The van der Waals surface area contributed by atoms with Crippen LogP contribution in [-0.2, 0) is 11.2 Å². The van der Waals surface area contributed by atoms with E-state index in [0.29, 0.717) is 0 Å². The van der Waals surface area contributed by atoms with Crippen molar-refractivity contribution < 1.29 is 9.90 Å². The van der Waals surface area contributed by atoms with Crippen molar-refractivity contribution in [2.75, 3.05) is 0 Å². The number of hydrogen-bond donors (Lipinski definition) is 1. The molecule has 0 amide bonds. The molecule has 0 saturated heterocycles. The number of carboxylic acids is 1. The minimum Gasteiger partial charge on any atom is -0.481 e. The van der Waals surface area contributed by atoms with Gasteiger partial charge in [0.2, 0.25) is 0 Å². The Morgan fingerprint density at radius 2 is 2.25 bits per heavy atom. The summed E-state index contributed by atoms with van der Waals surface area (Å²) in [7, 11) is 0. The quantitative estimate of drug-likeness (QED) is 0.849. The van der Waals surface area contributed by atoms with Crippen molar-refractivity contribution in [1.82, 2.24) is 4.98 Å². The van der Waals surface area contributed by atoms with Crippen LogP contribution in [0.1, 0.15) is 31.2 Å². The number of carbonyl (C=O) groups is 1. The summed E-state index contributed by atoms with van der Waals surface area (Å²) in [5, 5.41) is 9.17. The summed E-state index contributed by atoms with van der Waals surface area (Å²) in [5.41, 5.74) is 1.15. The Morgan fingerprint density at radius 1 is 1.44 bits per heavy atom. The third kappa shape index (κ3) is 2.60. The van der Waals surface area contributed by atoms with Gasteiger partial charge in [0.1, 0.15) is 0 Å². The molecule has 1 N–H and O–H groups in total. The minimum absolute atomic E-state index is 0.158. The summed E-state index contributed by atoms with van der Waals surface area (Å²) >= 11 is 0. The highest BCUT2D eigenvalue weighted by Crippen LogP contribution is 2.32. The van der Waals surface area contributed by atoms with E-state index < -0.39 is 5.97 Å². The molecular weight excluding hydrogens is 202 g/mol. The first-order chi connectivity index (χ1) is 7.77. The zero-order valence-corrected chi connectivity index (χ0v) is 9.30. The number of nitrogens with zero attached hydrogens (tertiary/aromatic N) is 1. The molecule has 0 radical (unpaired) electrons. The number of aliphatic carboxylic acids is 1. The summed E-state index contributed by atoms with van der Waals surface area (Å²) in [4.78, 5) is 15.2. The van der Waals surface area contributed by atoms with E-state index in [9.17, 15) is 9.90 Å². The van der Waals surface area contributed by atoms with Gasteiger partial charge in [0.15, 0.2) is 0 Å². The molecule has 2 atom stereocenters. The van der Waals surface area contributed by atoms with Gasteiger partial charge in [-0.3, -0.25) is 9.78 Å². The maximum absolute atomic E-state index is 11.1. The molecule has 1 fully saturated rings. The Morgan fingerprint density at radius 3 is 2.94 bits per heavy atom. The average molecular weight is 219 g/mol. The summed E-state index contributed by atoms with van der Waals surface area (Å²) in [6.45, 7) is 0. The first-order valence-corrected chi connectivity index (χ1v) is 5.89. The Kier molecular flexibility index (Phi) is 3.54. The lowest BCUT2D eigenvalue weighted by Crippen LogP contribution is -2.28. The van der Waals surface area contributed by atoms with Crippen molar-refractivity contribution in [2.45, 2.75) is 32.1 Å². The van der Waals surface area contributed by atoms with Gasteiger partial charge in [-0.05, 0) is 36.8 Å². The van der Waals surface area contributed by atoms with Crippen molar-refractivity contribution in [3.63, 3.8) is 0 Å². The lowest BCUT2D eigenvalue weighted by molar-refractivity contribution is -0.144. The van der Waals surface area contributed by atoms with E-state index in [1.807, 2.05) is 18.3 Å². The van der Waals surface area contributed by atoms with Gasteiger partial charge in [0.25, 0.3) is 0 Å². The normalized spacial score (nSPS) is 25.2. The van der Waals surface area contributed by atoms with Gasteiger partial charge in [-0.2, -0.15) is 0 Å². The summed E-state index contributed by atoms with van der Waals surface area (Å²) < 4.78 is 0. The second kappa shape index (κ2) is 5.10. The zero-order valence-electron chi connectivity index (χ0n) is 9.30. The Bertz CT molecular complexity index is 350. The third-order valence-corrected chi connectivity index (χ3v) is 3.45. The molecule has 1 aliphatic carbocycles. The van der Waals surface area contributed by atoms with Crippen molar-refractivity contribution in [3.8, 4) is 0 Å². The average Bonchev–Trinajstić information content (AvgIpc) is 2.31. The van der Waals surface area contributed by atoms with E-state index >= 15 is 0 Å². The van der Waals surface area contributed by atoms with Gasteiger partial charge in [-0.15, -0.1) is 0 Å². The second-order valence-corrected chi connectivity index (χ2v) is 4.55. The largest absolute Gasteiger partial charge is 0.481 e. The molecule has 2 rings (SSSR count). The molecule has 1 heterocycles. The maximum atomic E-state index is 11.1. The molecule has 0 aromatic carbocycles. The smallest absolute Gasteiger partial charge is 0.306 e. The van der Waals surface area contributed by atoms with Gasteiger partial charge in [0, 0.05) is 12.4 Å². The molecule has 3 nitrogen and oxygen atoms in total. The minimum atomic E-state index is -0.631. The molecule has 16 heavy (non-hydrogen) atoms. The van der Waals surface area contributed by atoms with Crippen LogP contribution in [0.5, 0.6) is 0 Å². The van der Waals surface area contributed by atoms with Crippen molar-refractivity contribution in [3.05, 3.63) is 30.1 Å². The number of aromatic nitrogens is 1. The highest BCUT2D eigenvalue weighted by Gasteiger charge is 2.30. The molecule has 1 aromatic heterocycles. The molecular formula is C13H17NO2. The molecule has 1 aliphatic rings. The lowest BCUT2D eigenvalue weighted by atomic mass is 9.76. The molecule has 0 bridgehead atoms. The third-order valence-electron chi connectivity index (χ3n) is 3.45. The van der Waals surface area contributed by atoms with Gasteiger partial charge >= 0.3 is 5.97 Å². The van der Waals surface area contributed by atoms with Crippen LogP contribution in [-0.4, -0.2) is 16.1 Å². The molecule has 86 valence electrons. The van der Waals surface area contributed by atoms with Crippen LogP contribution in [0, 0.1) is 11.8 Å². The molecule has 3 heteroatoms. The second-order valence-electron chi connectivity index (χ2n) is 4.55. The Labute approximate surface area is 95.5 Å². The molecule has 0 spiro atoms. The van der Waals surface area contributed by atoms with E-state index in [0.717, 1.165) is 37.7 Å².